The van der Waals surface area contributed by atoms with Crippen molar-refractivity contribution in [1.82, 2.24) is 19.7 Å². The molecule has 3 heterocycles. The molecule has 1 aromatic carbocycles. The molecule has 0 unspecified atom stereocenters. The van der Waals surface area contributed by atoms with Gasteiger partial charge < -0.3 is 9.32 Å². The van der Waals surface area contributed by atoms with Crippen LogP contribution in [-0.4, -0.2) is 43.9 Å². The average Bonchev–Trinajstić information content (AvgIpc) is 3.47. The molecular weight excluding hydrogens is 372 g/mol. The van der Waals surface area contributed by atoms with Crippen LogP contribution in [-0.2, 0) is 17.8 Å². The summed E-state index contributed by atoms with van der Waals surface area (Å²) >= 11 is 1.47. The van der Waals surface area contributed by atoms with Crippen molar-refractivity contribution in [2.24, 2.45) is 0 Å². The van der Waals surface area contributed by atoms with Crippen LogP contribution in [0.25, 0.3) is 0 Å². The molecule has 3 aromatic rings. The Labute approximate surface area is 168 Å². The van der Waals surface area contributed by atoms with Crippen molar-refractivity contribution in [1.29, 1.82) is 0 Å². The lowest BCUT2D eigenvalue weighted by Gasteiger charge is -2.19. The van der Waals surface area contributed by atoms with Crippen molar-refractivity contribution in [3.8, 4) is 0 Å². The second kappa shape index (κ2) is 8.65. The van der Waals surface area contributed by atoms with Gasteiger partial charge in [0.1, 0.15) is 11.6 Å². The molecule has 28 heavy (non-hydrogen) atoms. The van der Waals surface area contributed by atoms with E-state index in [1.807, 2.05) is 42.2 Å². The Morgan fingerprint density at radius 2 is 1.93 bits per heavy atom. The molecule has 7 heteroatoms. The molecule has 0 radical (unpaired) electrons. The Bertz CT molecular complexity index is 902. The number of hydrogen-bond acceptors (Lipinski definition) is 5. The first-order valence-corrected chi connectivity index (χ1v) is 10.5. The van der Waals surface area contributed by atoms with E-state index in [4.69, 9.17) is 4.42 Å². The smallest absolute Gasteiger partial charge is 0.235 e. The normalized spacial score (nSPS) is 15.1. The van der Waals surface area contributed by atoms with E-state index in [0.29, 0.717) is 13.0 Å². The molecule has 2 aromatic heterocycles. The zero-order valence-electron chi connectivity index (χ0n) is 16.0. The van der Waals surface area contributed by atoms with E-state index in [-0.39, 0.29) is 11.2 Å². The molecular formula is C21H24N4O2S. The highest BCUT2D eigenvalue weighted by Gasteiger charge is 2.26. The van der Waals surface area contributed by atoms with Crippen LogP contribution < -0.4 is 0 Å². The van der Waals surface area contributed by atoms with Crippen molar-refractivity contribution < 1.29 is 9.21 Å². The Morgan fingerprint density at radius 1 is 1.14 bits per heavy atom. The SMILES string of the molecule is C[C@@H](Sc1nnc(Cc2ccccc2)n1Cc1ccco1)C(=O)N1CCCC1. The van der Waals surface area contributed by atoms with Crippen LogP contribution in [0.1, 0.15) is 36.9 Å². The van der Waals surface area contributed by atoms with Crippen molar-refractivity contribution in [3.05, 3.63) is 65.9 Å². The molecule has 1 saturated heterocycles. The predicted molar refractivity (Wildman–Crippen MR) is 108 cm³/mol. The molecule has 146 valence electrons. The van der Waals surface area contributed by atoms with Gasteiger partial charge in [0, 0.05) is 19.5 Å². The van der Waals surface area contributed by atoms with Crippen molar-refractivity contribution >= 4 is 17.7 Å². The fraction of sp³-hybridized carbons (Fsp3) is 0.381. The van der Waals surface area contributed by atoms with Crippen LogP contribution in [0.2, 0.25) is 0 Å². The summed E-state index contributed by atoms with van der Waals surface area (Å²) in [7, 11) is 0. The molecule has 1 fully saturated rings. The molecule has 6 nitrogen and oxygen atoms in total. The maximum absolute atomic E-state index is 12.7. The number of aromatic nitrogens is 3. The zero-order chi connectivity index (χ0) is 19.3. The lowest BCUT2D eigenvalue weighted by molar-refractivity contribution is -0.129. The molecule has 0 N–H and O–H groups in total. The second-order valence-electron chi connectivity index (χ2n) is 7.02. The third kappa shape index (κ3) is 4.30. The Kier molecular flexibility index (Phi) is 5.81. The largest absolute Gasteiger partial charge is 0.467 e. The minimum absolute atomic E-state index is 0.180. The lowest BCUT2D eigenvalue weighted by atomic mass is 10.1. The number of thioether (sulfide) groups is 1. The summed E-state index contributed by atoms with van der Waals surface area (Å²) in [5.41, 5.74) is 1.17. The van der Waals surface area contributed by atoms with Crippen molar-refractivity contribution in [2.75, 3.05) is 13.1 Å². The van der Waals surface area contributed by atoms with Crippen molar-refractivity contribution in [3.63, 3.8) is 0 Å². The van der Waals surface area contributed by atoms with Crippen LogP contribution >= 0.6 is 11.8 Å². The molecule has 0 spiro atoms. The number of carbonyl (C=O) groups is 1. The van der Waals surface area contributed by atoms with E-state index >= 15 is 0 Å². The summed E-state index contributed by atoms with van der Waals surface area (Å²) in [5.74, 6) is 1.89. The monoisotopic (exact) mass is 396 g/mol. The van der Waals surface area contributed by atoms with Gasteiger partial charge in [0.25, 0.3) is 0 Å². The number of nitrogens with zero attached hydrogens (tertiary/aromatic N) is 4. The van der Waals surface area contributed by atoms with Crippen LogP contribution in [0, 0.1) is 0 Å². The first kappa shape index (κ1) is 18.8. The van der Waals surface area contributed by atoms with E-state index in [9.17, 15) is 4.79 Å². The van der Waals surface area contributed by atoms with Crippen LogP contribution in [0.15, 0.2) is 58.3 Å². The number of likely N-dealkylation sites (tertiary alicyclic amines) is 1. The molecule has 0 saturated carbocycles. The van der Waals surface area contributed by atoms with Gasteiger partial charge in [-0.05, 0) is 37.5 Å². The highest BCUT2D eigenvalue weighted by atomic mass is 32.2. The van der Waals surface area contributed by atoms with E-state index in [1.54, 1.807) is 6.26 Å². The second-order valence-corrected chi connectivity index (χ2v) is 8.33. The van der Waals surface area contributed by atoms with Crippen LogP contribution in [0.3, 0.4) is 0 Å². The number of amides is 1. The predicted octanol–water partition coefficient (Wildman–Crippen LogP) is 3.61. The van der Waals surface area contributed by atoms with E-state index < -0.39 is 0 Å². The van der Waals surface area contributed by atoms with E-state index in [1.165, 1.54) is 17.3 Å². The van der Waals surface area contributed by atoms with Gasteiger partial charge in [0.15, 0.2) is 5.16 Å². The van der Waals surface area contributed by atoms with Gasteiger partial charge in [-0.1, -0.05) is 42.1 Å². The maximum Gasteiger partial charge on any atom is 0.235 e. The quantitative estimate of drug-likeness (QED) is 0.571. The van der Waals surface area contributed by atoms with Gasteiger partial charge in [-0.3, -0.25) is 9.36 Å². The first-order valence-electron chi connectivity index (χ1n) is 9.64. The standard InChI is InChI=1S/C21H24N4O2S/c1-16(20(26)24-11-5-6-12-24)28-21-23-22-19(14-17-8-3-2-4-9-17)25(21)15-18-10-7-13-27-18/h2-4,7-10,13,16H,5-6,11-12,14-15H2,1H3/t16-/m1/s1. The topological polar surface area (TPSA) is 64.2 Å². The van der Waals surface area contributed by atoms with E-state index in [2.05, 4.69) is 26.9 Å². The first-order chi connectivity index (χ1) is 13.7. The summed E-state index contributed by atoms with van der Waals surface area (Å²) in [6, 6.07) is 14.0. The fourth-order valence-corrected chi connectivity index (χ4v) is 4.39. The molecule has 1 aliphatic heterocycles. The maximum atomic E-state index is 12.7. The van der Waals surface area contributed by atoms with Crippen LogP contribution in [0.4, 0.5) is 0 Å². The summed E-state index contributed by atoms with van der Waals surface area (Å²) in [6.45, 7) is 4.23. The Hall–Kier alpha value is -2.54. The lowest BCUT2D eigenvalue weighted by Crippen LogP contribution is -2.34. The number of furan rings is 1. The van der Waals surface area contributed by atoms with Crippen molar-refractivity contribution in [2.45, 2.75) is 43.1 Å². The van der Waals surface area contributed by atoms with Gasteiger partial charge in [-0.15, -0.1) is 10.2 Å². The number of carbonyl (C=O) groups excluding carboxylic acids is 1. The number of benzene rings is 1. The third-order valence-corrected chi connectivity index (χ3v) is 6.01. The highest BCUT2D eigenvalue weighted by Crippen LogP contribution is 2.26. The molecule has 4 rings (SSSR count). The Balaban J connectivity index is 1.56. The molecule has 1 aliphatic rings. The Morgan fingerprint density at radius 3 is 2.64 bits per heavy atom. The fourth-order valence-electron chi connectivity index (χ4n) is 3.44. The average molecular weight is 397 g/mol. The number of rotatable bonds is 7. The van der Waals surface area contributed by atoms with E-state index in [0.717, 1.165) is 42.7 Å². The van der Waals surface area contributed by atoms with Gasteiger partial charge in [0.05, 0.1) is 18.1 Å². The summed E-state index contributed by atoms with van der Waals surface area (Å²) in [6.07, 6.45) is 4.55. The van der Waals surface area contributed by atoms with Gasteiger partial charge >= 0.3 is 0 Å². The summed E-state index contributed by atoms with van der Waals surface area (Å²) < 4.78 is 7.60. The van der Waals surface area contributed by atoms with Gasteiger partial charge in [0.2, 0.25) is 5.91 Å². The minimum atomic E-state index is -0.192. The minimum Gasteiger partial charge on any atom is -0.467 e. The highest BCUT2D eigenvalue weighted by molar-refractivity contribution is 8.00. The number of hydrogen-bond donors (Lipinski definition) is 0. The zero-order valence-corrected chi connectivity index (χ0v) is 16.8. The van der Waals surface area contributed by atoms with Gasteiger partial charge in [-0.25, -0.2) is 0 Å². The molecule has 0 aliphatic carbocycles. The molecule has 1 amide bonds. The van der Waals surface area contributed by atoms with Gasteiger partial charge in [-0.2, -0.15) is 0 Å². The summed E-state index contributed by atoms with van der Waals surface area (Å²) in [4.78, 5) is 14.7. The third-order valence-electron chi connectivity index (χ3n) is 4.94. The summed E-state index contributed by atoms with van der Waals surface area (Å²) in [5, 5.41) is 9.39. The molecule has 0 bridgehead atoms. The molecule has 1 atom stereocenters. The van der Waals surface area contributed by atoms with Crippen LogP contribution in [0.5, 0.6) is 0 Å².